The van der Waals surface area contributed by atoms with Crippen LogP contribution in [-0.4, -0.2) is 5.10 Å². The Kier molecular flexibility index (Phi) is 1.63. The SMILES string of the molecule is CCc1cc[c]n[n+]1[O-]. The minimum absolute atomic E-state index is 0.583. The Bertz CT molecular complexity index is 200. The van der Waals surface area contributed by atoms with Gasteiger partial charge >= 0.3 is 0 Å². The predicted molar refractivity (Wildman–Crippen MR) is 31.4 cm³/mol. The zero-order chi connectivity index (χ0) is 6.69. The van der Waals surface area contributed by atoms with Gasteiger partial charge in [0.1, 0.15) is 0 Å². The van der Waals surface area contributed by atoms with Gasteiger partial charge in [0.15, 0.2) is 6.20 Å². The third-order valence-corrected chi connectivity index (χ3v) is 1.11. The van der Waals surface area contributed by atoms with Crippen molar-refractivity contribution in [1.82, 2.24) is 5.10 Å². The highest BCUT2D eigenvalue weighted by atomic mass is 16.5. The topological polar surface area (TPSA) is 39.8 Å². The molecule has 1 heterocycles. The van der Waals surface area contributed by atoms with Crippen molar-refractivity contribution < 1.29 is 4.85 Å². The summed E-state index contributed by atoms with van der Waals surface area (Å²) in [5, 5.41) is 14.0. The first-order valence-electron chi connectivity index (χ1n) is 2.80. The van der Waals surface area contributed by atoms with Crippen molar-refractivity contribution >= 4 is 0 Å². The Hall–Kier alpha value is -1.12. The molecule has 0 aliphatic carbocycles. The lowest BCUT2D eigenvalue weighted by molar-refractivity contribution is -0.677. The lowest BCUT2D eigenvalue weighted by Crippen LogP contribution is -2.35. The van der Waals surface area contributed by atoms with E-state index in [4.69, 9.17) is 0 Å². The molecule has 0 unspecified atom stereocenters. The Labute approximate surface area is 53.5 Å². The molecule has 47 valence electrons. The summed E-state index contributed by atoms with van der Waals surface area (Å²) in [6, 6.07) is 3.34. The molecule has 1 radical (unpaired) electrons. The van der Waals surface area contributed by atoms with Gasteiger partial charge in [-0.15, -0.1) is 0 Å². The second kappa shape index (κ2) is 2.44. The molecule has 0 fully saturated rings. The fourth-order valence-electron chi connectivity index (χ4n) is 0.600. The number of nitrogens with zero attached hydrogens (tertiary/aromatic N) is 2. The average Bonchev–Trinajstić information content (AvgIpc) is 1.89. The minimum Gasteiger partial charge on any atom is -0.594 e. The van der Waals surface area contributed by atoms with Crippen molar-refractivity contribution in [3.8, 4) is 0 Å². The van der Waals surface area contributed by atoms with E-state index in [1.54, 1.807) is 12.1 Å². The van der Waals surface area contributed by atoms with Gasteiger partial charge < -0.3 is 5.21 Å². The van der Waals surface area contributed by atoms with Crippen LogP contribution >= 0.6 is 0 Å². The summed E-state index contributed by atoms with van der Waals surface area (Å²) in [7, 11) is 0. The standard InChI is InChI=1S/C6H7N2O/c1-2-6-4-3-5-7-8(6)9/h3-4H,2H2,1H3. The van der Waals surface area contributed by atoms with Crippen molar-refractivity contribution in [2.45, 2.75) is 13.3 Å². The highest BCUT2D eigenvalue weighted by Gasteiger charge is 1.98. The van der Waals surface area contributed by atoms with E-state index in [0.29, 0.717) is 17.0 Å². The molecule has 9 heavy (non-hydrogen) atoms. The Balaban J connectivity index is 3.01. The van der Waals surface area contributed by atoms with E-state index in [0.717, 1.165) is 0 Å². The molecule has 0 atom stereocenters. The van der Waals surface area contributed by atoms with Crippen LogP contribution in [0.25, 0.3) is 0 Å². The van der Waals surface area contributed by atoms with E-state index in [2.05, 4.69) is 11.3 Å². The molecule has 0 aromatic carbocycles. The van der Waals surface area contributed by atoms with Gasteiger partial charge in [-0.3, -0.25) is 0 Å². The molecule has 0 saturated carbocycles. The highest BCUT2D eigenvalue weighted by Crippen LogP contribution is 1.86. The summed E-state index contributed by atoms with van der Waals surface area (Å²) < 4.78 is 0. The molecule has 0 aliphatic rings. The first-order valence-corrected chi connectivity index (χ1v) is 2.80. The average molecular weight is 123 g/mol. The van der Waals surface area contributed by atoms with Crippen LogP contribution < -0.4 is 4.85 Å². The van der Waals surface area contributed by atoms with Crippen LogP contribution in [0.15, 0.2) is 12.1 Å². The number of aryl methyl sites for hydroxylation is 1. The van der Waals surface area contributed by atoms with E-state index in [1.807, 2.05) is 6.92 Å². The molecule has 0 saturated heterocycles. The van der Waals surface area contributed by atoms with Crippen LogP contribution in [0.3, 0.4) is 0 Å². The summed E-state index contributed by atoms with van der Waals surface area (Å²) in [6.45, 7) is 1.91. The second-order valence-electron chi connectivity index (χ2n) is 1.68. The first-order chi connectivity index (χ1) is 4.34. The molecule has 1 rings (SSSR count). The van der Waals surface area contributed by atoms with Gasteiger partial charge in [0.25, 0.3) is 0 Å². The lowest BCUT2D eigenvalue weighted by Gasteiger charge is -1.94. The smallest absolute Gasteiger partial charge is 0.221 e. The summed E-state index contributed by atoms with van der Waals surface area (Å²) in [5.74, 6) is 0. The molecule has 0 amide bonds. The Morgan fingerprint density at radius 3 is 3.11 bits per heavy atom. The summed E-state index contributed by atoms with van der Waals surface area (Å²) in [6.07, 6.45) is 3.15. The van der Waals surface area contributed by atoms with Gasteiger partial charge in [0, 0.05) is 17.6 Å². The molecule has 0 bridgehead atoms. The maximum absolute atomic E-state index is 10.6. The molecule has 0 N–H and O–H groups in total. The number of hydrogen-bond acceptors (Lipinski definition) is 2. The van der Waals surface area contributed by atoms with Gasteiger partial charge in [-0.05, 0) is 6.07 Å². The molecule has 3 nitrogen and oxygen atoms in total. The number of rotatable bonds is 1. The van der Waals surface area contributed by atoms with Gasteiger partial charge in [-0.1, -0.05) is 11.8 Å². The molecular formula is C6H7N2O. The van der Waals surface area contributed by atoms with Crippen LogP contribution in [0.4, 0.5) is 0 Å². The fraction of sp³-hybridized carbons (Fsp3) is 0.333. The molecule has 1 aromatic rings. The lowest BCUT2D eigenvalue weighted by atomic mass is 10.3. The molecule has 3 heteroatoms. The van der Waals surface area contributed by atoms with E-state index in [-0.39, 0.29) is 0 Å². The second-order valence-corrected chi connectivity index (χ2v) is 1.68. The minimum atomic E-state index is 0.583. The van der Waals surface area contributed by atoms with Crippen LogP contribution in [0.2, 0.25) is 0 Å². The van der Waals surface area contributed by atoms with Crippen LogP contribution in [0.1, 0.15) is 12.6 Å². The van der Waals surface area contributed by atoms with E-state index >= 15 is 0 Å². The van der Waals surface area contributed by atoms with E-state index in [9.17, 15) is 5.21 Å². The fourth-order valence-corrected chi connectivity index (χ4v) is 0.600. The van der Waals surface area contributed by atoms with E-state index in [1.165, 1.54) is 0 Å². The first kappa shape index (κ1) is 6.01. The Morgan fingerprint density at radius 1 is 1.89 bits per heavy atom. The van der Waals surface area contributed by atoms with Gasteiger partial charge in [-0.2, -0.15) is 0 Å². The van der Waals surface area contributed by atoms with Gasteiger partial charge in [-0.25, -0.2) is 0 Å². The number of hydrogen-bond donors (Lipinski definition) is 0. The van der Waals surface area contributed by atoms with Crippen LogP contribution in [0, 0.1) is 11.4 Å². The molecular weight excluding hydrogens is 116 g/mol. The molecule has 1 aromatic heterocycles. The highest BCUT2D eigenvalue weighted by molar-refractivity contribution is 4.92. The van der Waals surface area contributed by atoms with Crippen LogP contribution in [0.5, 0.6) is 0 Å². The molecule has 0 spiro atoms. The zero-order valence-electron chi connectivity index (χ0n) is 5.16. The maximum atomic E-state index is 10.6. The third-order valence-electron chi connectivity index (χ3n) is 1.11. The largest absolute Gasteiger partial charge is 0.594 e. The quantitative estimate of drug-likeness (QED) is 0.392. The summed E-state index contributed by atoms with van der Waals surface area (Å²) in [4.78, 5) is 0.583. The Morgan fingerprint density at radius 2 is 2.67 bits per heavy atom. The summed E-state index contributed by atoms with van der Waals surface area (Å²) >= 11 is 0. The van der Waals surface area contributed by atoms with Gasteiger partial charge in [0.05, 0.1) is 0 Å². The number of aromatic nitrogens is 2. The maximum Gasteiger partial charge on any atom is 0.221 e. The predicted octanol–water partition coefficient (Wildman–Crippen LogP) is 0.0776. The summed E-state index contributed by atoms with van der Waals surface area (Å²) in [5.41, 5.74) is 0.675. The van der Waals surface area contributed by atoms with Crippen molar-refractivity contribution in [2.24, 2.45) is 0 Å². The van der Waals surface area contributed by atoms with Crippen molar-refractivity contribution in [3.05, 3.63) is 29.2 Å². The van der Waals surface area contributed by atoms with Gasteiger partial charge in [0.2, 0.25) is 5.69 Å². The van der Waals surface area contributed by atoms with Crippen molar-refractivity contribution in [3.63, 3.8) is 0 Å². The third kappa shape index (κ3) is 1.16. The normalized spacial score (nSPS) is 9.44. The van der Waals surface area contributed by atoms with Crippen LogP contribution in [-0.2, 0) is 6.42 Å². The van der Waals surface area contributed by atoms with Crippen molar-refractivity contribution in [2.75, 3.05) is 0 Å². The monoisotopic (exact) mass is 123 g/mol. The van der Waals surface area contributed by atoms with E-state index < -0.39 is 0 Å². The zero-order valence-corrected chi connectivity index (χ0v) is 5.16. The van der Waals surface area contributed by atoms with Crippen molar-refractivity contribution in [1.29, 1.82) is 0 Å². The molecule has 0 aliphatic heterocycles.